The summed E-state index contributed by atoms with van der Waals surface area (Å²) in [6.45, 7) is 7.23. The summed E-state index contributed by atoms with van der Waals surface area (Å²) in [5.41, 5.74) is 6.02. The third-order valence-corrected chi connectivity index (χ3v) is 5.38. The molecule has 0 aliphatic heterocycles. The van der Waals surface area contributed by atoms with Crippen LogP contribution >= 0.6 is 12.2 Å². The molecule has 0 radical (unpaired) electrons. The average molecular weight is 449 g/mol. The number of benzene rings is 2. The van der Waals surface area contributed by atoms with Crippen LogP contribution in [0.5, 0.6) is 0 Å². The lowest BCUT2D eigenvalue weighted by atomic mass is 10.1. The molecule has 164 valence electrons. The Kier molecular flexibility index (Phi) is 6.32. The number of nitrogens with zero attached hydrogens (tertiary/aromatic N) is 4. The fourth-order valence-corrected chi connectivity index (χ4v) is 3.78. The predicted octanol–water partition coefficient (Wildman–Crippen LogP) is 5.05. The lowest BCUT2D eigenvalue weighted by molar-refractivity contribution is 0.622. The Balaban J connectivity index is 1.39. The lowest BCUT2D eigenvalue weighted by Gasteiger charge is -2.10. The fourth-order valence-electron chi connectivity index (χ4n) is 3.57. The minimum atomic E-state index is -0.248. The van der Waals surface area contributed by atoms with E-state index in [0.29, 0.717) is 24.0 Å². The van der Waals surface area contributed by atoms with Crippen molar-refractivity contribution in [2.45, 2.75) is 33.9 Å². The van der Waals surface area contributed by atoms with Gasteiger partial charge in [-0.1, -0.05) is 42.0 Å². The molecule has 0 unspecified atom stereocenters. The van der Waals surface area contributed by atoms with Gasteiger partial charge in [0, 0.05) is 12.3 Å². The molecule has 0 aliphatic carbocycles. The van der Waals surface area contributed by atoms with Crippen LogP contribution in [0.3, 0.4) is 0 Å². The van der Waals surface area contributed by atoms with E-state index in [1.807, 2.05) is 41.5 Å². The van der Waals surface area contributed by atoms with E-state index < -0.39 is 0 Å². The molecule has 0 spiro atoms. The highest BCUT2D eigenvalue weighted by Gasteiger charge is 2.14. The summed E-state index contributed by atoms with van der Waals surface area (Å²) in [6.07, 6.45) is 1.92. The topological polar surface area (TPSA) is 59.7 Å². The van der Waals surface area contributed by atoms with E-state index in [0.717, 1.165) is 22.6 Å². The molecule has 2 aromatic heterocycles. The summed E-state index contributed by atoms with van der Waals surface area (Å²) in [5.74, 6) is 0.423. The number of nitrogens with one attached hydrogen (secondary N) is 2. The van der Waals surface area contributed by atoms with Gasteiger partial charge < -0.3 is 10.6 Å². The molecule has 2 N–H and O–H groups in total. The molecule has 0 saturated heterocycles. The van der Waals surface area contributed by atoms with Crippen LogP contribution in [0.25, 0.3) is 0 Å². The number of aromatic nitrogens is 4. The first kappa shape index (κ1) is 21.7. The summed E-state index contributed by atoms with van der Waals surface area (Å²) in [5, 5.41) is 16.0. The zero-order chi connectivity index (χ0) is 22.7. The van der Waals surface area contributed by atoms with Gasteiger partial charge in [0.2, 0.25) is 0 Å². The Morgan fingerprint density at radius 2 is 1.72 bits per heavy atom. The van der Waals surface area contributed by atoms with Crippen molar-refractivity contribution in [2.24, 2.45) is 0 Å². The smallest absolute Gasteiger partial charge is 0.176 e. The summed E-state index contributed by atoms with van der Waals surface area (Å²) in [7, 11) is 0. The third kappa shape index (κ3) is 5.20. The van der Waals surface area contributed by atoms with Crippen LogP contribution in [0, 0.1) is 26.6 Å². The highest BCUT2D eigenvalue weighted by Crippen LogP contribution is 2.21. The van der Waals surface area contributed by atoms with Gasteiger partial charge in [-0.05, 0) is 56.2 Å². The molecule has 4 rings (SSSR count). The standard InChI is InChI=1S/C24H25FN6S/c1-16-5-4-6-20(13-16)14-30-12-11-22(29-30)26-24(32)27-23-17(2)28-31(18(23)3)15-19-7-9-21(25)10-8-19/h4-13H,14-15H2,1-3H3,(H2,26,27,29,32). The van der Waals surface area contributed by atoms with E-state index in [-0.39, 0.29) is 5.82 Å². The Morgan fingerprint density at radius 3 is 2.47 bits per heavy atom. The van der Waals surface area contributed by atoms with Crippen LogP contribution in [0.1, 0.15) is 28.1 Å². The average Bonchev–Trinajstić information content (AvgIpc) is 3.28. The number of halogens is 1. The Morgan fingerprint density at radius 1 is 0.938 bits per heavy atom. The first-order valence-corrected chi connectivity index (χ1v) is 10.7. The van der Waals surface area contributed by atoms with Crippen molar-refractivity contribution in [3.63, 3.8) is 0 Å². The van der Waals surface area contributed by atoms with Gasteiger partial charge in [-0.25, -0.2) is 4.39 Å². The van der Waals surface area contributed by atoms with Crippen LogP contribution in [0.4, 0.5) is 15.9 Å². The van der Waals surface area contributed by atoms with Gasteiger partial charge in [0.25, 0.3) is 0 Å². The highest BCUT2D eigenvalue weighted by atomic mass is 32.1. The molecule has 8 heteroatoms. The number of hydrogen-bond acceptors (Lipinski definition) is 3. The third-order valence-electron chi connectivity index (χ3n) is 5.17. The van der Waals surface area contributed by atoms with Gasteiger partial charge >= 0.3 is 0 Å². The van der Waals surface area contributed by atoms with E-state index in [2.05, 4.69) is 46.0 Å². The maximum atomic E-state index is 13.2. The van der Waals surface area contributed by atoms with Crippen LogP contribution < -0.4 is 10.6 Å². The van der Waals surface area contributed by atoms with Crippen molar-refractivity contribution in [3.05, 3.63) is 94.7 Å². The van der Waals surface area contributed by atoms with Crippen LogP contribution in [-0.4, -0.2) is 24.7 Å². The molecule has 6 nitrogen and oxygen atoms in total. The zero-order valence-electron chi connectivity index (χ0n) is 18.3. The monoisotopic (exact) mass is 448 g/mol. The summed E-state index contributed by atoms with van der Waals surface area (Å²) in [4.78, 5) is 0. The summed E-state index contributed by atoms with van der Waals surface area (Å²) in [6, 6.07) is 16.7. The first-order valence-electron chi connectivity index (χ1n) is 10.3. The van der Waals surface area contributed by atoms with Gasteiger partial charge in [0.15, 0.2) is 10.9 Å². The van der Waals surface area contributed by atoms with Crippen molar-refractivity contribution in [3.8, 4) is 0 Å². The van der Waals surface area contributed by atoms with Crippen LogP contribution in [0.15, 0.2) is 60.8 Å². The second kappa shape index (κ2) is 9.32. The van der Waals surface area contributed by atoms with E-state index in [9.17, 15) is 4.39 Å². The summed E-state index contributed by atoms with van der Waals surface area (Å²) >= 11 is 5.50. The molecule has 0 aliphatic rings. The highest BCUT2D eigenvalue weighted by molar-refractivity contribution is 7.80. The molecule has 4 aromatic rings. The van der Waals surface area contributed by atoms with Gasteiger partial charge in [0.05, 0.1) is 30.2 Å². The summed E-state index contributed by atoms with van der Waals surface area (Å²) < 4.78 is 16.9. The normalized spacial score (nSPS) is 10.9. The fraction of sp³-hybridized carbons (Fsp3) is 0.208. The Hall–Kier alpha value is -3.52. The second-order valence-corrected chi connectivity index (χ2v) is 8.20. The molecule has 2 heterocycles. The first-order chi connectivity index (χ1) is 15.4. The lowest BCUT2D eigenvalue weighted by Crippen LogP contribution is -2.20. The molecular weight excluding hydrogens is 423 g/mol. The predicted molar refractivity (Wildman–Crippen MR) is 130 cm³/mol. The molecule has 32 heavy (non-hydrogen) atoms. The van der Waals surface area contributed by atoms with Crippen molar-refractivity contribution in [1.82, 2.24) is 19.6 Å². The van der Waals surface area contributed by atoms with Crippen LogP contribution in [-0.2, 0) is 13.1 Å². The minimum Gasteiger partial charge on any atom is -0.329 e. The zero-order valence-corrected chi connectivity index (χ0v) is 19.1. The van der Waals surface area contributed by atoms with Crippen molar-refractivity contribution in [2.75, 3.05) is 10.6 Å². The number of thiocarbonyl (C=S) groups is 1. The van der Waals surface area contributed by atoms with E-state index in [1.54, 1.807) is 12.1 Å². The number of hydrogen-bond donors (Lipinski definition) is 2. The maximum Gasteiger partial charge on any atom is 0.176 e. The molecule has 0 fully saturated rings. The SMILES string of the molecule is Cc1cccc(Cn2ccc(NC(=S)Nc3c(C)nn(Cc4ccc(F)cc4)c3C)n2)c1. The van der Waals surface area contributed by atoms with Gasteiger partial charge in [-0.3, -0.25) is 9.36 Å². The van der Waals surface area contributed by atoms with E-state index in [4.69, 9.17) is 12.2 Å². The number of anilines is 2. The van der Waals surface area contributed by atoms with E-state index in [1.165, 1.54) is 23.3 Å². The maximum absolute atomic E-state index is 13.2. The van der Waals surface area contributed by atoms with Crippen molar-refractivity contribution < 1.29 is 4.39 Å². The van der Waals surface area contributed by atoms with Crippen molar-refractivity contribution >= 4 is 28.8 Å². The van der Waals surface area contributed by atoms with Gasteiger partial charge in [-0.15, -0.1) is 0 Å². The molecule has 0 amide bonds. The van der Waals surface area contributed by atoms with Crippen molar-refractivity contribution in [1.29, 1.82) is 0 Å². The molecule has 0 bridgehead atoms. The quantitative estimate of drug-likeness (QED) is 0.404. The van der Waals surface area contributed by atoms with Gasteiger partial charge in [-0.2, -0.15) is 10.2 Å². The molecular formula is C24H25FN6S. The Labute approximate surface area is 192 Å². The minimum absolute atomic E-state index is 0.248. The van der Waals surface area contributed by atoms with E-state index >= 15 is 0 Å². The molecule has 0 atom stereocenters. The molecule has 0 saturated carbocycles. The number of rotatable bonds is 6. The second-order valence-electron chi connectivity index (χ2n) is 7.80. The largest absolute Gasteiger partial charge is 0.329 e. The molecule has 2 aromatic carbocycles. The number of aryl methyl sites for hydroxylation is 2. The van der Waals surface area contributed by atoms with Crippen LogP contribution in [0.2, 0.25) is 0 Å². The Bertz CT molecular complexity index is 1240. The van der Waals surface area contributed by atoms with Gasteiger partial charge in [0.1, 0.15) is 5.82 Å².